The number of carbonyl (C=O) groups is 1. The first-order valence-electron chi connectivity index (χ1n) is 10.2. The van der Waals surface area contributed by atoms with Crippen LogP contribution in [0.4, 0.5) is 19.0 Å². The van der Waals surface area contributed by atoms with Crippen LogP contribution in [0.3, 0.4) is 0 Å². The fourth-order valence-electron chi connectivity index (χ4n) is 3.78. The lowest BCUT2D eigenvalue weighted by molar-refractivity contribution is -0.141. The maximum atomic E-state index is 12.6. The highest BCUT2D eigenvalue weighted by molar-refractivity contribution is 6.02. The van der Waals surface area contributed by atoms with E-state index in [0.29, 0.717) is 36.7 Å². The van der Waals surface area contributed by atoms with E-state index in [9.17, 15) is 18.0 Å². The number of amides is 1. The highest BCUT2D eigenvalue weighted by Crippen LogP contribution is 2.36. The van der Waals surface area contributed by atoms with Gasteiger partial charge in [-0.3, -0.25) is 14.6 Å². The van der Waals surface area contributed by atoms with Crippen LogP contribution in [0.15, 0.2) is 24.3 Å². The van der Waals surface area contributed by atoms with Crippen LogP contribution in [-0.2, 0) is 24.6 Å². The Morgan fingerprint density at radius 2 is 2.09 bits per heavy atom. The van der Waals surface area contributed by atoms with E-state index in [1.54, 1.807) is 26.3 Å². The molecule has 0 saturated heterocycles. The molecule has 1 aliphatic carbocycles. The molecule has 176 valence electrons. The van der Waals surface area contributed by atoms with Gasteiger partial charge in [-0.05, 0) is 31.4 Å². The number of H-pyrrole nitrogens is 1. The summed E-state index contributed by atoms with van der Waals surface area (Å²) in [5, 5.41) is 20.7. The largest absolute Gasteiger partial charge is 0.473 e. The summed E-state index contributed by atoms with van der Waals surface area (Å²) in [4.78, 5) is 12.6. The SMILES string of the molecule is COCc1cc(C(=O)Nc2cc([C@H]3CC[C@@H](Oc4ccc(C(F)(F)F)nn4)C3)[nH]n2)n(C)n1. The molecule has 13 heteroatoms. The number of aromatic nitrogens is 6. The Kier molecular flexibility index (Phi) is 6.31. The summed E-state index contributed by atoms with van der Waals surface area (Å²) in [6.07, 6.45) is -2.64. The average molecular weight is 465 g/mol. The molecule has 0 unspecified atom stereocenters. The molecule has 0 spiro atoms. The van der Waals surface area contributed by atoms with E-state index in [1.807, 2.05) is 0 Å². The van der Waals surface area contributed by atoms with Gasteiger partial charge in [0.25, 0.3) is 5.91 Å². The van der Waals surface area contributed by atoms with E-state index in [4.69, 9.17) is 9.47 Å². The third-order valence-electron chi connectivity index (χ3n) is 5.34. The van der Waals surface area contributed by atoms with Crippen molar-refractivity contribution in [1.29, 1.82) is 0 Å². The normalized spacial score (nSPS) is 18.5. The molecular formula is C20H22F3N7O3. The molecule has 0 aliphatic heterocycles. The second kappa shape index (κ2) is 9.17. The van der Waals surface area contributed by atoms with E-state index in [-0.39, 0.29) is 23.8 Å². The number of halogens is 3. The predicted molar refractivity (Wildman–Crippen MR) is 109 cm³/mol. The molecule has 0 aromatic carbocycles. The molecule has 3 aromatic rings. The lowest BCUT2D eigenvalue weighted by Crippen LogP contribution is -2.16. The molecule has 10 nitrogen and oxygen atoms in total. The standard InChI is InChI=1S/C20H22F3N7O3/c1-30-15(8-12(29-30)10-32-2)19(31)24-17-9-14(25-27-17)11-3-4-13(7-11)33-18-6-5-16(26-28-18)20(21,22)23/h5-6,8-9,11,13H,3-4,7,10H2,1-2H3,(H2,24,25,27,31)/t11-,13+/m0/s1. The minimum absolute atomic E-state index is 0.0511. The number of hydrogen-bond acceptors (Lipinski definition) is 7. The lowest BCUT2D eigenvalue weighted by atomic mass is 10.0. The maximum Gasteiger partial charge on any atom is 0.435 e. The molecule has 1 saturated carbocycles. The Morgan fingerprint density at radius 1 is 1.27 bits per heavy atom. The molecule has 2 atom stereocenters. The molecule has 2 N–H and O–H groups in total. The zero-order valence-corrected chi connectivity index (χ0v) is 17.9. The van der Waals surface area contributed by atoms with Crippen molar-refractivity contribution in [3.8, 4) is 5.88 Å². The van der Waals surface area contributed by atoms with Gasteiger partial charge in [0.2, 0.25) is 5.88 Å². The number of anilines is 1. The summed E-state index contributed by atoms with van der Waals surface area (Å²) in [5.41, 5.74) is 0.786. The smallest absolute Gasteiger partial charge is 0.435 e. The fourth-order valence-corrected chi connectivity index (χ4v) is 3.78. The van der Waals surface area contributed by atoms with Crippen molar-refractivity contribution in [3.05, 3.63) is 47.0 Å². The van der Waals surface area contributed by atoms with Gasteiger partial charge in [-0.1, -0.05) is 0 Å². The summed E-state index contributed by atoms with van der Waals surface area (Å²) < 4.78 is 50.0. The van der Waals surface area contributed by atoms with Gasteiger partial charge in [0.15, 0.2) is 11.5 Å². The number of aromatic amines is 1. The van der Waals surface area contributed by atoms with Crippen molar-refractivity contribution in [3.63, 3.8) is 0 Å². The van der Waals surface area contributed by atoms with Crippen LogP contribution in [0.2, 0.25) is 0 Å². The van der Waals surface area contributed by atoms with Crippen molar-refractivity contribution >= 4 is 11.7 Å². The van der Waals surface area contributed by atoms with Crippen molar-refractivity contribution in [2.24, 2.45) is 7.05 Å². The van der Waals surface area contributed by atoms with Gasteiger partial charge in [-0.25, -0.2) is 0 Å². The third-order valence-corrected chi connectivity index (χ3v) is 5.34. The second-order valence-corrected chi connectivity index (χ2v) is 7.74. The molecule has 33 heavy (non-hydrogen) atoms. The highest BCUT2D eigenvalue weighted by atomic mass is 19.4. The monoisotopic (exact) mass is 465 g/mol. The molecule has 0 radical (unpaired) electrons. The van der Waals surface area contributed by atoms with E-state index in [2.05, 4.69) is 30.8 Å². The molecule has 3 heterocycles. The van der Waals surface area contributed by atoms with E-state index >= 15 is 0 Å². The number of nitrogens with one attached hydrogen (secondary N) is 2. The molecular weight excluding hydrogens is 443 g/mol. The topological polar surface area (TPSA) is 120 Å². The van der Waals surface area contributed by atoms with Crippen molar-refractivity contribution in [1.82, 2.24) is 30.2 Å². The van der Waals surface area contributed by atoms with Crippen LogP contribution in [0, 0.1) is 0 Å². The van der Waals surface area contributed by atoms with E-state index in [1.165, 1.54) is 10.7 Å². The minimum Gasteiger partial charge on any atom is -0.473 e. The number of alkyl halides is 3. The Bertz CT molecular complexity index is 1110. The summed E-state index contributed by atoms with van der Waals surface area (Å²) in [5.74, 6) is 0.178. The Labute approximate surface area is 186 Å². The maximum absolute atomic E-state index is 12.6. The predicted octanol–water partition coefficient (Wildman–Crippen LogP) is 3.07. The van der Waals surface area contributed by atoms with Crippen molar-refractivity contribution < 1.29 is 27.4 Å². The average Bonchev–Trinajstić information content (AvgIpc) is 3.48. The van der Waals surface area contributed by atoms with Crippen LogP contribution in [-0.4, -0.2) is 49.3 Å². The number of methoxy groups -OCH3 is 1. The van der Waals surface area contributed by atoms with Crippen molar-refractivity contribution in [2.75, 3.05) is 12.4 Å². The van der Waals surface area contributed by atoms with Gasteiger partial charge >= 0.3 is 6.18 Å². The van der Waals surface area contributed by atoms with Crippen LogP contribution < -0.4 is 10.1 Å². The second-order valence-electron chi connectivity index (χ2n) is 7.74. The molecule has 0 bridgehead atoms. The number of aryl methyl sites for hydroxylation is 1. The number of nitrogens with zero attached hydrogens (tertiary/aromatic N) is 5. The zero-order chi connectivity index (χ0) is 23.6. The molecule has 4 rings (SSSR count). The quantitative estimate of drug-likeness (QED) is 0.550. The van der Waals surface area contributed by atoms with Crippen molar-refractivity contribution in [2.45, 2.75) is 44.1 Å². The van der Waals surface area contributed by atoms with Crippen LogP contribution in [0.1, 0.15) is 52.8 Å². The minimum atomic E-state index is -4.54. The van der Waals surface area contributed by atoms with Gasteiger partial charge in [0, 0.05) is 37.9 Å². The van der Waals surface area contributed by atoms with Gasteiger partial charge in [0.1, 0.15) is 11.8 Å². The third kappa shape index (κ3) is 5.30. The van der Waals surface area contributed by atoms with Gasteiger partial charge in [-0.15, -0.1) is 10.2 Å². The van der Waals surface area contributed by atoms with E-state index in [0.717, 1.165) is 18.2 Å². The Balaban J connectivity index is 1.33. The lowest BCUT2D eigenvalue weighted by Gasteiger charge is -2.13. The number of hydrogen-bond donors (Lipinski definition) is 2. The van der Waals surface area contributed by atoms with Crippen LogP contribution >= 0.6 is 0 Å². The Morgan fingerprint density at radius 3 is 2.79 bits per heavy atom. The van der Waals surface area contributed by atoms with E-state index < -0.39 is 11.9 Å². The summed E-state index contributed by atoms with van der Waals surface area (Å²) in [6, 6.07) is 5.42. The summed E-state index contributed by atoms with van der Waals surface area (Å²) in [7, 11) is 3.22. The summed E-state index contributed by atoms with van der Waals surface area (Å²) >= 11 is 0. The molecule has 1 amide bonds. The number of carbonyl (C=O) groups excluding carboxylic acids is 1. The van der Waals surface area contributed by atoms with Gasteiger partial charge in [0.05, 0.1) is 12.3 Å². The van der Waals surface area contributed by atoms with Crippen LogP contribution in [0.25, 0.3) is 0 Å². The first-order chi connectivity index (χ1) is 15.7. The van der Waals surface area contributed by atoms with Crippen LogP contribution in [0.5, 0.6) is 5.88 Å². The first kappa shape index (κ1) is 22.7. The first-order valence-corrected chi connectivity index (χ1v) is 10.2. The highest BCUT2D eigenvalue weighted by Gasteiger charge is 2.33. The number of rotatable bonds is 7. The zero-order valence-electron chi connectivity index (χ0n) is 17.9. The van der Waals surface area contributed by atoms with Gasteiger partial charge in [-0.2, -0.15) is 23.4 Å². The molecule has 1 aliphatic rings. The Hall–Kier alpha value is -3.48. The fraction of sp³-hybridized carbons (Fsp3) is 0.450. The summed E-state index contributed by atoms with van der Waals surface area (Å²) in [6.45, 7) is 0.302. The molecule has 3 aromatic heterocycles. The van der Waals surface area contributed by atoms with Gasteiger partial charge < -0.3 is 14.8 Å². The number of ether oxygens (including phenoxy) is 2. The molecule has 1 fully saturated rings.